The van der Waals surface area contributed by atoms with Gasteiger partial charge in [-0.05, 0) is 24.3 Å². The molecule has 156 valence electrons. The molecule has 30 heavy (non-hydrogen) atoms. The predicted molar refractivity (Wildman–Crippen MR) is 100 cm³/mol. The summed E-state index contributed by atoms with van der Waals surface area (Å²) in [7, 11) is 0. The number of amides is 1. The van der Waals surface area contributed by atoms with Crippen LogP contribution in [0.25, 0.3) is 16.9 Å². The molecule has 0 saturated heterocycles. The highest BCUT2D eigenvalue weighted by Crippen LogP contribution is 2.21. The molecule has 0 bridgehead atoms. The van der Waals surface area contributed by atoms with Crippen LogP contribution in [0, 0.1) is 0 Å². The predicted octanol–water partition coefficient (Wildman–Crippen LogP) is 2.00. The van der Waals surface area contributed by atoms with Crippen molar-refractivity contribution in [1.82, 2.24) is 25.3 Å². The number of aliphatic hydroxyl groups excluding tert-OH is 1. The summed E-state index contributed by atoms with van der Waals surface area (Å²) in [5, 5.41) is 22.9. The van der Waals surface area contributed by atoms with Gasteiger partial charge in [0.25, 0.3) is 11.5 Å². The number of nitrogens with zero attached hydrogens (tertiary/aromatic N) is 4. The van der Waals surface area contributed by atoms with E-state index in [0.29, 0.717) is 10.6 Å². The summed E-state index contributed by atoms with van der Waals surface area (Å²) in [6.07, 6.45) is -5.15. The molecule has 12 heteroatoms. The van der Waals surface area contributed by atoms with Crippen LogP contribution < -0.4 is 10.9 Å². The first-order valence-electron chi connectivity index (χ1n) is 8.37. The van der Waals surface area contributed by atoms with Crippen molar-refractivity contribution in [3.63, 3.8) is 0 Å². The van der Waals surface area contributed by atoms with Gasteiger partial charge in [0.05, 0.1) is 30.3 Å². The van der Waals surface area contributed by atoms with Crippen LogP contribution in [-0.2, 0) is 0 Å². The maximum Gasteiger partial charge on any atom is 0.416 e. The van der Waals surface area contributed by atoms with Crippen molar-refractivity contribution < 1.29 is 23.1 Å². The molecule has 0 aliphatic carbocycles. The van der Waals surface area contributed by atoms with Gasteiger partial charge in [-0.25, -0.2) is 0 Å². The number of carbonyl (C=O) groups excluding carboxylic acids is 1. The minimum atomic E-state index is -4.91. The highest BCUT2D eigenvalue weighted by molar-refractivity contribution is 6.30. The first-order chi connectivity index (χ1) is 14.2. The second-order valence-corrected chi connectivity index (χ2v) is 6.47. The van der Waals surface area contributed by atoms with Gasteiger partial charge in [-0.1, -0.05) is 23.7 Å². The SMILES string of the molecule is O=C(NC[C@H](O)C(F)(F)F)c1cc(-c2ccc(Cl)cc2)nn(-c2ccnnc2)c1=O. The third-order valence-electron chi connectivity index (χ3n) is 3.94. The van der Waals surface area contributed by atoms with E-state index in [2.05, 4.69) is 15.3 Å². The molecule has 1 aromatic carbocycles. The molecule has 2 N–H and O–H groups in total. The smallest absolute Gasteiger partial charge is 0.382 e. The van der Waals surface area contributed by atoms with E-state index >= 15 is 0 Å². The van der Waals surface area contributed by atoms with Crippen LogP contribution in [0.3, 0.4) is 0 Å². The van der Waals surface area contributed by atoms with E-state index in [1.54, 1.807) is 24.3 Å². The van der Waals surface area contributed by atoms with E-state index in [1.165, 1.54) is 18.5 Å². The molecule has 3 rings (SSSR count). The Hall–Kier alpha value is -3.31. The van der Waals surface area contributed by atoms with E-state index < -0.39 is 35.9 Å². The fourth-order valence-corrected chi connectivity index (χ4v) is 2.53. The summed E-state index contributed by atoms with van der Waals surface area (Å²) in [5.74, 6) is -1.10. The Balaban J connectivity index is 2.05. The number of halogens is 4. The summed E-state index contributed by atoms with van der Waals surface area (Å²) >= 11 is 5.87. The van der Waals surface area contributed by atoms with Crippen molar-refractivity contribution in [1.29, 1.82) is 0 Å². The van der Waals surface area contributed by atoms with Gasteiger partial charge < -0.3 is 10.4 Å². The maximum atomic E-state index is 12.8. The monoisotopic (exact) mass is 439 g/mol. The number of hydrogen-bond donors (Lipinski definition) is 2. The summed E-state index contributed by atoms with van der Waals surface area (Å²) in [6.45, 7) is -1.11. The molecule has 2 aromatic heterocycles. The van der Waals surface area contributed by atoms with Crippen molar-refractivity contribution in [3.05, 3.63) is 69.7 Å². The molecule has 0 unspecified atom stereocenters. The van der Waals surface area contributed by atoms with E-state index in [9.17, 15) is 22.8 Å². The van der Waals surface area contributed by atoms with E-state index in [0.717, 1.165) is 10.7 Å². The zero-order valence-electron chi connectivity index (χ0n) is 15.0. The molecule has 0 spiro atoms. The Bertz CT molecular complexity index is 1100. The first kappa shape index (κ1) is 21.4. The molecule has 3 aromatic rings. The van der Waals surface area contributed by atoms with Crippen LogP contribution in [-0.4, -0.2) is 49.8 Å². The summed E-state index contributed by atoms with van der Waals surface area (Å²) in [4.78, 5) is 25.2. The number of rotatable bonds is 5. The van der Waals surface area contributed by atoms with Crippen LogP contribution in [0.1, 0.15) is 10.4 Å². The number of aromatic nitrogens is 4. The molecule has 0 aliphatic heterocycles. The molecule has 8 nitrogen and oxygen atoms in total. The Morgan fingerprint density at radius 2 is 1.90 bits per heavy atom. The Morgan fingerprint density at radius 1 is 1.20 bits per heavy atom. The van der Waals surface area contributed by atoms with Crippen LogP contribution in [0.15, 0.2) is 53.6 Å². The third-order valence-corrected chi connectivity index (χ3v) is 4.20. The van der Waals surface area contributed by atoms with Gasteiger partial charge in [0.2, 0.25) is 0 Å². The quantitative estimate of drug-likeness (QED) is 0.629. The fourth-order valence-electron chi connectivity index (χ4n) is 2.40. The normalized spacial score (nSPS) is 12.4. The average Bonchev–Trinajstić information content (AvgIpc) is 2.72. The lowest BCUT2D eigenvalue weighted by atomic mass is 10.1. The standard InChI is InChI=1S/C18H13ClF3N5O3/c19-11-3-1-10(2-4-11)14-7-13(16(29)23-9-15(28)18(20,21)22)17(30)27(26-14)12-5-6-24-25-8-12/h1-8,15,28H,9H2,(H,23,29)/t15-/m0/s1. The summed E-state index contributed by atoms with van der Waals surface area (Å²) in [5.41, 5.74) is -0.486. The molecule has 0 radical (unpaired) electrons. The van der Waals surface area contributed by atoms with Crippen molar-refractivity contribution in [2.75, 3.05) is 6.54 Å². The minimum Gasteiger partial charge on any atom is -0.382 e. The topological polar surface area (TPSA) is 110 Å². The highest BCUT2D eigenvalue weighted by Gasteiger charge is 2.38. The summed E-state index contributed by atoms with van der Waals surface area (Å²) < 4.78 is 38.3. The van der Waals surface area contributed by atoms with Gasteiger partial charge >= 0.3 is 6.18 Å². The van der Waals surface area contributed by atoms with Crippen molar-refractivity contribution in [2.45, 2.75) is 12.3 Å². The number of alkyl halides is 3. The molecule has 1 atom stereocenters. The third kappa shape index (κ3) is 4.81. The fraction of sp³-hybridized carbons (Fsp3) is 0.167. The second kappa shape index (κ2) is 8.59. The van der Waals surface area contributed by atoms with Gasteiger partial charge in [-0.2, -0.15) is 33.1 Å². The number of hydrogen-bond acceptors (Lipinski definition) is 6. The minimum absolute atomic E-state index is 0.185. The average molecular weight is 440 g/mol. The first-order valence-corrected chi connectivity index (χ1v) is 8.75. The van der Waals surface area contributed by atoms with Gasteiger partial charge in [0, 0.05) is 10.6 Å². The second-order valence-electron chi connectivity index (χ2n) is 6.04. The zero-order valence-corrected chi connectivity index (χ0v) is 15.7. The molecule has 0 saturated carbocycles. The lowest BCUT2D eigenvalue weighted by molar-refractivity contribution is -0.201. The van der Waals surface area contributed by atoms with Crippen molar-refractivity contribution in [2.24, 2.45) is 0 Å². The van der Waals surface area contributed by atoms with Crippen LogP contribution in [0.2, 0.25) is 5.02 Å². The molecular formula is C18H13ClF3N5O3. The van der Waals surface area contributed by atoms with Gasteiger partial charge in [0.15, 0.2) is 6.10 Å². The largest absolute Gasteiger partial charge is 0.416 e. The van der Waals surface area contributed by atoms with Crippen molar-refractivity contribution >= 4 is 17.5 Å². The molecule has 1 amide bonds. The highest BCUT2D eigenvalue weighted by atomic mass is 35.5. The summed E-state index contributed by atoms with van der Waals surface area (Å²) in [6, 6.07) is 8.90. The van der Waals surface area contributed by atoms with E-state index in [4.69, 9.17) is 16.7 Å². The Morgan fingerprint density at radius 3 is 2.50 bits per heavy atom. The lowest BCUT2D eigenvalue weighted by Crippen LogP contribution is -2.42. The number of carbonyl (C=O) groups is 1. The molecule has 0 fully saturated rings. The van der Waals surface area contributed by atoms with Crippen LogP contribution in [0.4, 0.5) is 13.2 Å². The molecular weight excluding hydrogens is 427 g/mol. The van der Waals surface area contributed by atoms with Gasteiger partial charge in [-0.15, -0.1) is 0 Å². The van der Waals surface area contributed by atoms with Gasteiger partial charge in [-0.3, -0.25) is 9.59 Å². The molecule has 0 aliphatic rings. The Labute approximate surface area is 171 Å². The Kier molecular flexibility index (Phi) is 6.13. The molecule has 2 heterocycles. The van der Waals surface area contributed by atoms with Crippen LogP contribution >= 0.6 is 11.6 Å². The number of benzene rings is 1. The van der Waals surface area contributed by atoms with Gasteiger partial charge in [0.1, 0.15) is 5.56 Å². The lowest BCUT2D eigenvalue weighted by Gasteiger charge is -2.15. The van der Waals surface area contributed by atoms with Crippen molar-refractivity contribution in [3.8, 4) is 16.9 Å². The van der Waals surface area contributed by atoms with Crippen LogP contribution in [0.5, 0.6) is 0 Å². The van der Waals surface area contributed by atoms with E-state index in [1.807, 2.05) is 5.32 Å². The zero-order chi connectivity index (χ0) is 21.9. The number of aliphatic hydroxyl groups is 1. The maximum absolute atomic E-state index is 12.8. The van der Waals surface area contributed by atoms with E-state index in [-0.39, 0.29) is 11.4 Å². The number of nitrogens with one attached hydrogen (secondary N) is 1.